The highest BCUT2D eigenvalue weighted by atomic mass is 16.5. The van der Waals surface area contributed by atoms with Gasteiger partial charge < -0.3 is 14.8 Å². The molecular formula is C14H29NO2. The molecular weight excluding hydrogens is 214 g/mol. The molecule has 1 saturated heterocycles. The molecule has 0 spiro atoms. The first-order valence-electron chi connectivity index (χ1n) is 7.10. The lowest BCUT2D eigenvalue weighted by atomic mass is 9.90. The molecule has 17 heavy (non-hydrogen) atoms. The summed E-state index contributed by atoms with van der Waals surface area (Å²) in [4.78, 5) is 0. The molecule has 1 fully saturated rings. The van der Waals surface area contributed by atoms with Crippen molar-refractivity contribution in [1.82, 2.24) is 5.32 Å². The van der Waals surface area contributed by atoms with E-state index in [-0.39, 0.29) is 0 Å². The van der Waals surface area contributed by atoms with Crippen LogP contribution in [0.2, 0.25) is 0 Å². The van der Waals surface area contributed by atoms with Gasteiger partial charge in [-0.1, -0.05) is 6.92 Å². The summed E-state index contributed by atoms with van der Waals surface area (Å²) in [5, 5.41) is 3.61. The smallest absolute Gasteiger partial charge is 0.0543 e. The minimum atomic E-state index is 0.380. The van der Waals surface area contributed by atoms with E-state index in [1.54, 1.807) is 7.11 Å². The van der Waals surface area contributed by atoms with Crippen molar-refractivity contribution in [3.8, 4) is 0 Å². The Kier molecular flexibility index (Phi) is 7.82. The molecule has 3 heteroatoms. The van der Waals surface area contributed by atoms with Gasteiger partial charge in [0.25, 0.3) is 0 Å². The summed E-state index contributed by atoms with van der Waals surface area (Å²) in [5.41, 5.74) is 0. The molecule has 1 heterocycles. The molecule has 1 rings (SSSR count). The van der Waals surface area contributed by atoms with Crippen LogP contribution in [0.4, 0.5) is 0 Å². The number of ether oxygens (including phenoxy) is 2. The van der Waals surface area contributed by atoms with Crippen LogP contribution in [0.3, 0.4) is 0 Å². The van der Waals surface area contributed by atoms with Crippen LogP contribution in [0.25, 0.3) is 0 Å². The Labute approximate surface area is 106 Å². The van der Waals surface area contributed by atoms with Crippen LogP contribution >= 0.6 is 0 Å². The zero-order chi connectivity index (χ0) is 12.5. The van der Waals surface area contributed by atoms with Crippen molar-refractivity contribution in [3.05, 3.63) is 0 Å². The molecule has 3 nitrogen and oxygen atoms in total. The van der Waals surface area contributed by atoms with E-state index in [4.69, 9.17) is 9.47 Å². The third kappa shape index (κ3) is 6.39. The monoisotopic (exact) mass is 243 g/mol. The van der Waals surface area contributed by atoms with Crippen molar-refractivity contribution in [2.45, 2.75) is 58.1 Å². The number of nitrogens with one attached hydrogen (secondary N) is 1. The fourth-order valence-electron chi connectivity index (χ4n) is 2.53. The van der Waals surface area contributed by atoms with E-state index in [2.05, 4.69) is 19.2 Å². The third-order valence-electron chi connectivity index (χ3n) is 3.78. The zero-order valence-electron chi connectivity index (χ0n) is 11.7. The van der Waals surface area contributed by atoms with Gasteiger partial charge in [-0.15, -0.1) is 0 Å². The van der Waals surface area contributed by atoms with Gasteiger partial charge in [-0.2, -0.15) is 0 Å². The predicted octanol–water partition coefficient (Wildman–Crippen LogP) is 2.60. The van der Waals surface area contributed by atoms with E-state index in [1.807, 2.05) is 0 Å². The molecule has 0 radical (unpaired) electrons. The summed E-state index contributed by atoms with van der Waals surface area (Å²) in [6.45, 7) is 7.32. The van der Waals surface area contributed by atoms with E-state index in [1.165, 1.54) is 25.7 Å². The third-order valence-corrected chi connectivity index (χ3v) is 3.78. The van der Waals surface area contributed by atoms with Crippen molar-refractivity contribution in [1.29, 1.82) is 0 Å². The number of hydrogen-bond acceptors (Lipinski definition) is 3. The number of hydrogen-bond donors (Lipinski definition) is 1. The highest BCUT2D eigenvalue weighted by molar-refractivity contribution is 4.74. The van der Waals surface area contributed by atoms with Gasteiger partial charge in [-0.25, -0.2) is 0 Å². The minimum absolute atomic E-state index is 0.380. The highest BCUT2D eigenvalue weighted by Crippen LogP contribution is 2.22. The van der Waals surface area contributed by atoms with E-state index < -0.39 is 0 Å². The molecule has 0 bridgehead atoms. The molecule has 2 unspecified atom stereocenters. The molecule has 1 N–H and O–H groups in total. The summed E-state index contributed by atoms with van der Waals surface area (Å²) in [5.74, 6) is 0.852. The maximum Gasteiger partial charge on any atom is 0.0543 e. The molecule has 2 atom stereocenters. The Morgan fingerprint density at radius 2 is 2.00 bits per heavy atom. The zero-order valence-corrected chi connectivity index (χ0v) is 11.7. The van der Waals surface area contributed by atoms with Crippen LogP contribution in [-0.4, -0.2) is 39.0 Å². The highest BCUT2D eigenvalue weighted by Gasteiger charge is 2.19. The largest absolute Gasteiger partial charge is 0.382 e. The van der Waals surface area contributed by atoms with Crippen molar-refractivity contribution in [3.63, 3.8) is 0 Å². The Morgan fingerprint density at radius 1 is 1.29 bits per heavy atom. The molecule has 0 aromatic heterocycles. The summed E-state index contributed by atoms with van der Waals surface area (Å²) < 4.78 is 10.7. The van der Waals surface area contributed by atoms with E-state index in [0.717, 1.165) is 32.1 Å². The quantitative estimate of drug-likeness (QED) is 0.711. The molecule has 0 aromatic carbocycles. The molecule has 0 aromatic rings. The maximum atomic E-state index is 5.42. The van der Waals surface area contributed by atoms with Crippen LogP contribution in [-0.2, 0) is 9.47 Å². The lowest BCUT2D eigenvalue weighted by Gasteiger charge is -2.27. The summed E-state index contributed by atoms with van der Waals surface area (Å²) in [6.07, 6.45) is 6.53. The van der Waals surface area contributed by atoms with Crippen LogP contribution in [0, 0.1) is 5.92 Å². The van der Waals surface area contributed by atoms with Gasteiger partial charge in [0.2, 0.25) is 0 Å². The van der Waals surface area contributed by atoms with Gasteiger partial charge in [0.1, 0.15) is 0 Å². The van der Waals surface area contributed by atoms with Gasteiger partial charge in [-0.05, 0) is 51.5 Å². The molecule has 0 amide bonds. The van der Waals surface area contributed by atoms with Crippen molar-refractivity contribution < 1.29 is 9.47 Å². The van der Waals surface area contributed by atoms with Gasteiger partial charge in [0, 0.05) is 26.4 Å². The number of methoxy groups -OCH3 is 1. The Bertz CT molecular complexity index is 181. The second-order valence-electron chi connectivity index (χ2n) is 5.17. The van der Waals surface area contributed by atoms with E-state index >= 15 is 0 Å². The average molecular weight is 243 g/mol. The fraction of sp³-hybridized carbons (Fsp3) is 1.00. The van der Waals surface area contributed by atoms with Crippen molar-refractivity contribution >= 4 is 0 Å². The standard InChI is InChI=1S/C14H29NO2/c1-4-15-14(6-5-12(2)16-3)11-13-7-9-17-10-8-13/h12-15H,4-11H2,1-3H3. The first-order valence-corrected chi connectivity index (χ1v) is 7.10. The first-order chi connectivity index (χ1) is 8.26. The average Bonchev–Trinajstić information content (AvgIpc) is 2.37. The van der Waals surface area contributed by atoms with Crippen molar-refractivity contribution in [2.75, 3.05) is 26.9 Å². The maximum absolute atomic E-state index is 5.42. The van der Waals surface area contributed by atoms with E-state index in [9.17, 15) is 0 Å². The number of rotatable bonds is 8. The second-order valence-corrected chi connectivity index (χ2v) is 5.17. The molecule has 102 valence electrons. The first kappa shape index (κ1) is 14.9. The summed E-state index contributed by atoms with van der Waals surface area (Å²) >= 11 is 0. The van der Waals surface area contributed by atoms with Gasteiger partial charge >= 0.3 is 0 Å². The second kappa shape index (κ2) is 8.90. The van der Waals surface area contributed by atoms with Gasteiger partial charge in [0.05, 0.1) is 6.10 Å². The Balaban J connectivity index is 2.25. The topological polar surface area (TPSA) is 30.5 Å². The lowest BCUT2D eigenvalue weighted by molar-refractivity contribution is 0.0585. The molecule has 1 aliphatic heterocycles. The molecule has 0 aliphatic carbocycles. The fourth-order valence-corrected chi connectivity index (χ4v) is 2.53. The van der Waals surface area contributed by atoms with Crippen LogP contribution in [0.15, 0.2) is 0 Å². The van der Waals surface area contributed by atoms with Crippen LogP contribution < -0.4 is 5.32 Å². The summed E-state index contributed by atoms with van der Waals surface area (Å²) in [6, 6.07) is 0.653. The van der Waals surface area contributed by atoms with Gasteiger partial charge in [-0.3, -0.25) is 0 Å². The van der Waals surface area contributed by atoms with Crippen molar-refractivity contribution in [2.24, 2.45) is 5.92 Å². The molecule has 0 saturated carbocycles. The molecule has 1 aliphatic rings. The Morgan fingerprint density at radius 3 is 2.59 bits per heavy atom. The summed E-state index contributed by atoms with van der Waals surface area (Å²) in [7, 11) is 1.80. The van der Waals surface area contributed by atoms with Crippen LogP contribution in [0.1, 0.15) is 46.0 Å². The SMILES string of the molecule is CCNC(CCC(C)OC)CC1CCOCC1. The Hall–Kier alpha value is -0.120. The predicted molar refractivity (Wildman–Crippen MR) is 71.3 cm³/mol. The van der Waals surface area contributed by atoms with Crippen LogP contribution in [0.5, 0.6) is 0 Å². The van der Waals surface area contributed by atoms with Gasteiger partial charge in [0.15, 0.2) is 0 Å². The lowest BCUT2D eigenvalue weighted by Crippen LogP contribution is -2.33. The minimum Gasteiger partial charge on any atom is -0.382 e. The van der Waals surface area contributed by atoms with E-state index in [0.29, 0.717) is 12.1 Å². The normalized spacial score (nSPS) is 21.4.